The van der Waals surface area contributed by atoms with E-state index in [1.54, 1.807) is 23.5 Å². The summed E-state index contributed by atoms with van der Waals surface area (Å²) in [5, 5.41) is 10.3. The monoisotopic (exact) mass is 194 g/mol. The minimum atomic E-state index is -0.805. The van der Waals surface area contributed by atoms with Crippen molar-refractivity contribution in [2.75, 3.05) is 0 Å². The van der Waals surface area contributed by atoms with Crippen LogP contribution in [0.3, 0.4) is 0 Å². The third-order valence-electron chi connectivity index (χ3n) is 1.34. The molecule has 2 nitrogen and oxygen atoms in total. The molecule has 0 aliphatic carbocycles. The predicted octanol–water partition coefficient (Wildman–Crippen LogP) is 2.79. The Labute approximate surface area is 80.8 Å². The molecule has 1 rings (SSSR count). The van der Waals surface area contributed by atoms with Crippen LogP contribution in [0.15, 0.2) is 35.7 Å². The van der Waals surface area contributed by atoms with Gasteiger partial charge in [-0.15, -0.1) is 11.3 Å². The Kier molecular flexibility index (Phi) is 3.99. The average Bonchev–Trinajstić information content (AvgIpc) is 2.55. The summed E-state index contributed by atoms with van der Waals surface area (Å²) in [5.41, 5.74) is 0. The number of allylic oxidation sites excluding steroid dienone is 2. The Hall–Kier alpha value is -1.35. The molecule has 1 aromatic heterocycles. The van der Waals surface area contributed by atoms with Crippen molar-refractivity contribution in [3.8, 4) is 0 Å². The number of carbonyl (C=O) groups is 1. The SMILES string of the molecule is O=C(O)CC=CC=Cc1cccs1. The van der Waals surface area contributed by atoms with Crippen LogP contribution in [0.2, 0.25) is 0 Å². The van der Waals surface area contributed by atoms with Crippen molar-refractivity contribution in [1.29, 1.82) is 0 Å². The van der Waals surface area contributed by atoms with Gasteiger partial charge in [-0.3, -0.25) is 4.79 Å². The molecule has 1 aromatic rings. The highest BCUT2D eigenvalue weighted by atomic mass is 32.1. The first-order valence-corrected chi connectivity index (χ1v) is 4.75. The zero-order valence-electron chi connectivity index (χ0n) is 7.01. The Morgan fingerprint density at radius 3 is 3.00 bits per heavy atom. The first-order valence-electron chi connectivity index (χ1n) is 3.87. The van der Waals surface area contributed by atoms with Gasteiger partial charge in [-0.25, -0.2) is 0 Å². The molecule has 0 saturated heterocycles. The van der Waals surface area contributed by atoms with Crippen LogP contribution in [-0.2, 0) is 4.79 Å². The van der Waals surface area contributed by atoms with E-state index in [9.17, 15) is 4.79 Å². The van der Waals surface area contributed by atoms with Crippen molar-refractivity contribution in [2.45, 2.75) is 6.42 Å². The molecule has 1 N–H and O–H groups in total. The largest absolute Gasteiger partial charge is 0.481 e. The van der Waals surface area contributed by atoms with Crippen LogP contribution in [0.4, 0.5) is 0 Å². The number of rotatable bonds is 4. The zero-order chi connectivity index (χ0) is 9.52. The molecule has 1 heterocycles. The molecule has 0 bridgehead atoms. The molecule has 0 unspecified atom stereocenters. The second-order valence-electron chi connectivity index (χ2n) is 2.40. The Bertz CT molecular complexity index is 310. The lowest BCUT2D eigenvalue weighted by Crippen LogP contribution is -1.89. The lowest BCUT2D eigenvalue weighted by atomic mass is 10.3. The zero-order valence-corrected chi connectivity index (χ0v) is 7.83. The van der Waals surface area contributed by atoms with E-state index in [-0.39, 0.29) is 6.42 Å². The van der Waals surface area contributed by atoms with Gasteiger partial charge in [0.15, 0.2) is 0 Å². The first kappa shape index (κ1) is 9.74. The molecule has 0 aliphatic heterocycles. The lowest BCUT2D eigenvalue weighted by Gasteiger charge is -1.81. The van der Waals surface area contributed by atoms with E-state index in [0.717, 1.165) is 0 Å². The Balaban J connectivity index is 2.34. The maximum absolute atomic E-state index is 10.1. The number of hydrogen-bond acceptors (Lipinski definition) is 2. The van der Waals surface area contributed by atoms with E-state index >= 15 is 0 Å². The highest BCUT2D eigenvalue weighted by Crippen LogP contribution is 2.09. The van der Waals surface area contributed by atoms with Crippen LogP contribution < -0.4 is 0 Å². The van der Waals surface area contributed by atoms with Crippen LogP contribution in [0.25, 0.3) is 6.08 Å². The molecule has 0 aromatic carbocycles. The van der Waals surface area contributed by atoms with Crippen LogP contribution in [0, 0.1) is 0 Å². The highest BCUT2D eigenvalue weighted by Gasteiger charge is 1.87. The van der Waals surface area contributed by atoms with E-state index in [4.69, 9.17) is 5.11 Å². The van der Waals surface area contributed by atoms with E-state index in [0.29, 0.717) is 0 Å². The molecule has 0 saturated carbocycles. The molecule has 0 radical (unpaired) electrons. The van der Waals surface area contributed by atoms with E-state index in [2.05, 4.69) is 0 Å². The fourth-order valence-electron chi connectivity index (χ4n) is 0.784. The summed E-state index contributed by atoms with van der Waals surface area (Å²) < 4.78 is 0. The van der Waals surface area contributed by atoms with Crippen LogP contribution in [0.1, 0.15) is 11.3 Å². The van der Waals surface area contributed by atoms with Crippen molar-refractivity contribution in [3.63, 3.8) is 0 Å². The van der Waals surface area contributed by atoms with Gasteiger partial charge in [-0.1, -0.05) is 24.3 Å². The van der Waals surface area contributed by atoms with Crippen LogP contribution in [0.5, 0.6) is 0 Å². The minimum absolute atomic E-state index is 0.0782. The fraction of sp³-hybridized carbons (Fsp3) is 0.100. The third kappa shape index (κ3) is 4.28. The quantitative estimate of drug-likeness (QED) is 0.748. The molecule has 0 atom stereocenters. The maximum atomic E-state index is 10.1. The van der Waals surface area contributed by atoms with Gasteiger partial charge in [0.1, 0.15) is 0 Å². The second-order valence-corrected chi connectivity index (χ2v) is 3.38. The van der Waals surface area contributed by atoms with Gasteiger partial charge in [-0.05, 0) is 17.5 Å². The van der Waals surface area contributed by atoms with Gasteiger partial charge in [0.2, 0.25) is 0 Å². The molecule has 68 valence electrons. The van der Waals surface area contributed by atoms with Crippen molar-refractivity contribution >= 4 is 23.4 Å². The summed E-state index contributed by atoms with van der Waals surface area (Å²) in [6.07, 6.45) is 7.23. The topological polar surface area (TPSA) is 37.3 Å². The van der Waals surface area contributed by atoms with Crippen molar-refractivity contribution < 1.29 is 9.90 Å². The van der Waals surface area contributed by atoms with Crippen molar-refractivity contribution in [2.24, 2.45) is 0 Å². The summed E-state index contributed by atoms with van der Waals surface area (Å²) in [6.45, 7) is 0. The van der Waals surface area contributed by atoms with Crippen molar-refractivity contribution in [3.05, 3.63) is 40.6 Å². The summed E-state index contributed by atoms with van der Waals surface area (Å²) in [7, 11) is 0. The minimum Gasteiger partial charge on any atom is -0.481 e. The number of carboxylic acid groups (broad SMARTS) is 1. The van der Waals surface area contributed by atoms with Crippen molar-refractivity contribution in [1.82, 2.24) is 0 Å². The summed E-state index contributed by atoms with van der Waals surface area (Å²) in [5.74, 6) is -0.805. The predicted molar refractivity (Wildman–Crippen MR) is 54.7 cm³/mol. The standard InChI is InChI=1S/C10H10O2S/c11-10(12)7-3-1-2-5-9-6-4-8-13-9/h1-6,8H,7H2,(H,11,12). The van der Waals surface area contributed by atoms with Gasteiger partial charge in [-0.2, -0.15) is 0 Å². The average molecular weight is 194 g/mol. The van der Waals surface area contributed by atoms with E-state index in [1.807, 2.05) is 29.7 Å². The molecule has 0 amide bonds. The second kappa shape index (κ2) is 5.32. The van der Waals surface area contributed by atoms with Gasteiger partial charge in [0, 0.05) is 4.88 Å². The van der Waals surface area contributed by atoms with E-state index in [1.165, 1.54) is 4.88 Å². The number of aliphatic carboxylic acids is 1. The smallest absolute Gasteiger partial charge is 0.307 e. The first-order chi connectivity index (χ1) is 6.29. The molecule has 0 fully saturated rings. The third-order valence-corrected chi connectivity index (χ3v) is 2.18. The fourth-order valence-corrected chi connectivity index (χ4v) is 1.41. The highest BCUT2D eigenvalue weighted by molar-refractivity contribution is 7.10. The Morgan fingerprint density at radius 2 is 2.38 bits per heavy atom. The normalized spacial score (nSPS) is 11.4. The summed E-state index contributed by atoms with van der Waals surface area (Å²) in [4.78, 5) is 11.3. The van der Waals surface area contributed by atoms with Gasteiger partial charge < -0.3 is 5.11 Å². The lowest BCUT2D eigenvalue weighted by molar-refractivity contribution is -0.135. The number of thiophene rings is 1. The Morgan fingerprint density at radius 1 is 1.54 bits per heavy atom. The van der Waals surface area contributed by atoms with Gasteiger partial charge >= 0.3 is 5.97 Å². The molecule has 13 heavy (non-hydrogen) atoms. The van der Waals surface area contributed by atoms with Gasteiger partial charge in [0.05, 0.1) is 6.42 Å². The van der Waals surface area contributed by atoms with E-state index < -0.39 is 5.97 Å². The molecule has 0 aliphatic rings. The molecule has 0 spiro atoms. The summed E-state index contributed by atoms with van der Waals surface area (Å²) >= 11 is 1.65. The maximum Gasteiger partial charge on any atom is 0.307 e. The molecular formula is C10H10O2S. The summed E-state index contributed by atoms with van der Waals surface area (Å²) in [6, 6.07) is 3.98. The van der Waals surface area contributed by atoms with Crippen LogP contribution >= 0.6 is 11.3 Å². The molecule has 3 heteroatoms. The van der Waals surface area contributed by atoms with Crippen LogP contribution in [-0.4, -0.2) is 11.1 Å². The molecular weight excluding hydrogens is 184 g/mol. The number of hydrogen-bond donors (Lipinski definition) is 1. The number of carboxylic acids is 1. The van der Waals surface area contributed by atoms with Gasteiger partial charge in [0.25, 0.3) is 0 Å².